The second-order valence-electron chi connectivity index (χ2n) is 9.24. The summed E-state index contributed by atoms with van der Waals surface area (Å²) >= 11 is 5.79. The van der Waals surface area contributed by atoms with Crippen molar-refractivity contribution < 1.29 is 19.0 Å². The van der Waals surface area contributed by atoms with E-state index in [4.69, 9.17) is 16.3 Å². The summed E-state index contributed by atoms with van der Waals surface area (Å²) in [6, 6.07) is 7.64. The molecule has 1 amide bonds. The fourth-order valence-electron chi connectivity index (χ4n) is 5.01. The Morgan fingerprint density at radius 2 is 1.97 bits per heavy atom. The van der Waals surface area contributed by atoms with Crippen molar-refractivity contribution in [3.8, 4) is 5.75 Å². The monoisotopic (exact) mass is 527 g/mol. The Morgan fingerprint density at radius 1 is 1.22 bits per heavy atom. The largest absolute Gasteiger partial charge is 0.494 e. The van der Waals surface area contributed by atoms with E-state index in [-0.39, 0.29) is 11.1 Å². The van der Waals surface area contributed by atoms with E-state index in [1.165, 1.54) is 38.7 Å². The van der Waals surface area contributed by atoms with Crippen LogP contribution >= 0.6 is 11.6 Å². The molecule has 2 unspecified atom stereocenters. The van der Waals surface area contributed by atoms with Crippen molar-refractivity contribution >= 4 is 46.1 Å². The number of nitrogens with one attached hydrogen (secondary N) is 2. The zero-order chi connectivity index (χ0) is 26.4. The van der Waals surface area contributed by atoms with Gasteiger partial charge < -0.3 is 20.5 Å². The maximum atomic E-state index is 13.3. The Kier molecular flexibility index (Phi) is 8.91. The third-order valence-electron chi connectivity index (χ3n) is 6.75. The molecule has 1 aliphatic carbocycles. The van der Waals surface area contributed by atoms with E-state index < -0.39 is 5.82 Å². The summed E-state index contributed by atoms with van der Waals surface area (Å²) in [4.78, 5) is 21.6. The van der Waals surface area contributed by atoms with Crippen molar-refractivity contribution in [1.29, 1.82) is 0 Å². The lowest BCUT2D eigenvalue weighted by atomic mass is 10.0. The van der Waals surface area contributed by atoms with Gasteiger partial charge in [0.15, 0.2) is 0 Å². The van der Waals surface area contributed by atoms with Gasteiger partial charge in [-0.1, -0.05) is 23.8 Å². The van der Waals surface area contributed by atoms with Crippen LogP contribution in [-0.2, 0) is 4.79 Å². The van der Waals surface area contributed by atoms with Crippen LogP contribution in [0.2, 0.25) is 5.02 Å². The number of hydrogen-bond donors (Lipinski definition) is 3. The number of anilines is 3. The molecule has 10 heteroatoms. The number of fused-ring (bicyclic) bond motifs is 2. The number of hydrogen-bond acceptors (Lipinski definition) is 7. The summed E-state index contributed by atoms with van der Waals surface area (Å²) < 4.78 is 18.5. The molecule has 3 N–H and O–H groups in total. The number of benzene rings is 2. The van der Waals surface area contributed by atoms with Crippen LogP contribution in [0.4, 0.5) is 21.6 Å². The minimum Gasteiger partial charge on any atom is -0.494 e. The number of aromatic nitrogens is 2. The summed E-state index contributed by atoms with van der Waals surface area (Å²) in [5, 5.41) is 15.8. The van der Waals surface area contributed by atoms with Gasteiger partial charge in [0, 0.05) is 36.8 Å². The van der Waals surface area contributed by atoms with E-state index in [1.54, 1.807) is 18.2 Å². The molecule has 8 nitrogen and oxygen atoms in total. The molecular weight excluding hydrogens is 497 g/mol. The Balaban J connectivity index is 0.000000207. The number of allylic oxidation sites excluding steroid dienone is 1. The van der Waals surface area contributed by atoms with Crippen LogP contribution in [0.1, 0.15) is 19.8 Å². The number of carbonyl (C=O) groups excluding carboxylic acids is 1. The number of likely N-dealkylation sites (tertiary alicyclic amines) is 1. The number of nitrogens with zero attached hydrogens (tertiary/aromatic N) is 3. The average Bonchev–Trinajstić information content (AvgIpc) is 3.42. The molecule has 2 aliphatic rings. The maximum Gasteiger partial charge on any atom is 0.211 e. The second kappa shape index (κ2) is 12.3. The lowest BCUT2D eigenvalue weighted by Crippen LogP contribution is -2.23. The fraction of sp³-hybridized carbons (Fsp3) is 0.370. The molecule has 0 radical (unpaired) electrons. The van der Waals surface area contributed by atoms with E-state index >= 15 is 0 Å². The molecule has 1 saturated carbocycles. The predicted molar refractivity (Wildman–Crippen MR) is 144 cm³/mol. The van der Waals surface area contributed by atoms with Gasteiger partial charge in [-0.15, -0.1) is 0 Å². The number of methoxy groups -OCH3 is 1. The second-order valence-corrected chi connectivity index (χ2v) is 9.65. The first-order valence-corrected chi connectivity index (χ1v) is 12.6. The van der Waals surface area contributed by atoms with Crippen molar-refractivity contribution in [2.45, 2.75) is 25.9 Å². The summed E-state index contributed by atoms with van der Waals surface area (Å²) in [6.45, 7) is 5.57. The number of rotatable bonds is 7. The minimum atomic E-state index is -0.503. The number of aliphatic hydroxyl groups is 1. The van der Waals surface area contributed by atoms with E-state index in [2.05, 4.69) is 44.6 Å². The maximum absolute atomic E-state index is 13.3. The first-order chi connectivity index (χ1) is 17.9. The van der Waals surface area contributed by atoms with Crippen molar-refractivity contribution in [3.05, 3.63) is 59.7 Å². The summed E-state index contributed by atoms with van der Waals surface area (Å²) in [5.41, 5.74) is 1.67. The highest BCUT2D eigenvalue weighted by Gasteiger charge is 2.39. The summed E-state index contributed by atoms with van der Waals surface area (Å²) in [5.74, 6) is 2.01. The molecule has 2 fully saturated rings. The topological polar surface area (TPSA) is 99.6 Å². The van der Waals surface area contributed by atoms with Gasteiger partial charge in [0.1, 0.15) is 23.7 Å². The van der Waals surface area contributed by atoms with Crippen LogP contribution in [-0.4, -0.2) is 59.2 Å². The quantitative estimate of drug-likeness (QED) is 0.293. The molecule has 1 aromatic heterocycles. The van der Waals surface area contributed by atoms with Gasteiger partial charge in [0.05, 0.1) is 29.4 Å². The number of halogens is 2. The molecule has 3 aromatic rings. The van der Waals surface area contributed by atoms with Crippen LogP contribution in [0.25, 0.3) is 10.9 Å². The first-order valence-electron chi connectivity index (χ1n) is 12.2. The Morgan fingerprint density at radius 3 is 2.62 bits per heavy atom. The molecule has 2 atom stereocenters. The average molecular weight is 528 g/mol. The van der Waals surface area contributed by atoms with Gasteiger partial charge in [0.2, 0.25) is 6.41 Å². The standard InChI is InChI=1S/C16H12ClFN4O2.C11H19NO/c1-24-15-6-13-10(5-14(15)21-8-23)16(20-7-19-13)22-9-2-3-12(18)11(17)4-9;1-2-3-4-12-7-9-5-11(13)6-10(9)8-12/h2-8H,1H3,(H,21,23)(H,19,20,22);2-3,9-11,13H,4-8H2,1H3/b;3-2+. The van der Waals surface area contributed by atoms with E-state index in [9.17, 15) is 14.3 Å². The molecule has 196 valence electrons. The van der Waals surface area contributed by atoms with Crippen LogP contribution in [0.5, 0.6) is 5.75 Å². The minimum absolute atomic E-state index is 0.00105. The smallest absolute Gasteiger partial charge is 0.211 e. The molecule has 2 heterocycles. The molecule has 37 heavy (non-hydrogen) atoms. The van der Waals surface area contributed by atoms with Crippen molar-refractivity contribution in [2.24, 2.45) is 11.8 Å². The molecule has 1 saturated heterocycles. The Hall–Kier alpha value is -3.27. The van der Waals surface area contributed by atoms with Crippen LogP contribution in [0.15, 0.2) is 48.8 Å². The van der Waals surface area contributed by atoms with Crippen LogP contribution in [0, 0.1) is 17.7 Å². The molecule has 5 rings (SSSR count). The molecule has 1 aliphatic heterocycles. The lowest BCUT2D eigenvalue weighted by molar-refractivity contribution is -0.105. The van der Waals surface area contributed by atoms with Gasteiger partial charge in [-0.3, -0.25) is 9.69 Å². The molecule has 0 spiro atoms. The normalized spacial score (nSPS) is 20.9. The lowest BCUT2D eigenvalue weighted by Gasteiger charge is -2.14. The van der Waals surface area contributed by atoms with E-state index in [0.29, 0.717) is 40.3 Å². The first kappa shape index (κ1) is 26.8. The van der Waals surface area contributed by atoms with Crippen molar-refractivity contribution in [1.82, 2.24) is 14.9 Å². The Bertz CT molecular complexity index is 1260. The SMILES string of the molecule is C/C=C/CN1CC2CC(O)CC2C1.COc1cc2ncnc(Nc3ccc(F)c(Cl)c3)c2cc1NC=O. The van der Waals surface area contributed by atoms with Gasteiger partial charge in [0.25, 0.3) is 0 Å². The molecule has 2 aromatic carbocycles. The number of aliphatic hydroxyl groups excluding tert-OH is 1. The highest BCUT2D eigenvalue weighted by atomic mass is 35.5. The summed E-state index contributed by atoms with van der Waals surface area (Å²) in [6.07, 6.45) is 8.36. The zero-order valence-electron chi connectivity index (χ0n) is 20.8. The van der Waals surface area contributed by atoms with Crippen molar-refractivity contribution in [3.63, 3.8) is 0 Å². The number of amides is 1. The fourth-order valence-corrected chi connectivity index (χ4v) is 5.19. The zero-order valence-corrected chi connectivity index (χ0v) is 21.6. The van der Waals surface area contributed by atoms with Crippen molar-refractivity contribution in [2.75, 3.05) is 37.4 Å². The molecule has 0 bridgehead atoms. The highest BCUT2D eigenvalue weighted by Crippen LogP contribution is 2.38. The predicted octanol–water partition coefficient (Wildman–Crippen LogP) is 5.01. The van der Waals surface area contributed by atoms with Gasteiger partial charge >= 0.3 is 0 Å². The molecular formula is C27H31ClFN5O3. The third-order valence-corrected chi connectivity index (χ3v) is 7.04. The van der Waals surface area contributed by atoms with E-state index in [1.807, 2.05) is 0 Å². The summed E-state index contributed by atoms with van der Waals surface area (Å²) in [7, 11) is 1.50. The number of ether oxygens (including phenoxy) is 1. The van der Waals surface area contributed by atoms with Crippen LogP contribution < -0.4 is 15.4 Å². The number of carbonyl (C=O) groups is 1. The van der Waals surface area contributed by atoms with E-state index in [0.717, 1.165) is 31.2 Å². The highest BCUT2D eigenvalue weighted by molar-refractivity contribution is 6.31. The third kappa shape index (κ3) is 6.54. The van der Waals surface area contributed by atoms with Crippen LogP contribution in [0.3, 0.4) is 0 Å². The van der Waals surface area contributed by atoms with Gasteiger partial charge in [-0.2, -0.15) is 0 Å². The Labute approximate surface area is 220 Å². The van der Waals surface area contributed by atoms with Gasteiger partial charge in [-0.25, -0.2) is 14.4 Å². The van der Waals surface area contributed by atoms with Gasteiger partial charge in [-0.05, 0) is 55.9 Å².